The van der Waals surface area contributed by atoms with Crippen molar-refractivity contribution in [3.8, 4) is 0 Å². The molecule has 2 aromatic rings. The van der Waals surface area contributed by atoms with Crippen molar-refractivity contribution in [2.45, 2.75) is 24.3 Å². The molecule has 4 heteroatoms. The Bertz CT molecular complexity index is 478. The molecule has 1 N–H and O–H groups in total. The molecule has 1 aromatic heterocycles. The number of hydrogen-bond acceptors (Lipinski definition) is 4. The van der Waals surface area contributed by atoms with Crippen molar-refractivity contribution in [1.82, 2.24) is 4.98 Å². The second-order valence-electron chi connectivity index (χ2n) is 3.88. The summed E-state index contributed by atoms with van der Waals surface area (Å²) in [6, 6.07) is 8.04. The Morgan fingerprint density at radius 2 is 2.06 bits per heavy atom. The maximum absolute atomic E-state index is 10.1. The first-order chi connectivity index (χ1) is 8.19. The molecule has 2 nitrogen and oxygen atoms in total. The number of rotatable bonds is 4. The summed E-state index contributed by atoms with van der Waals surface area (Å²) in [5, 5.41) is 13.1. The van der Waals surface area contributed by atoms with Crippen molar-refractivity contribution in [2.24, 2.45) is 0 Å². The summed E-state index contributed by atoms with van der Waals surface area (Å²) in [6.07, 6.45) is 2.18. The number of thioether (sulfide) groups is 1. The Morgan fingerprint density at radius 1 is 1.35 bits per heavy atom. The fraction of sp³-hybridized carbons (Fsp3) is 0.308. The van der Waals surface area contributed by atoms with Gasteiger partial charge in [-0.3, -0.25) is 0 Å². The molecule has 17 heavy (non-hydrogen) atoms. The zero-order chi connectivity index (χ0) is 12.3. The number of hydrogen-bond donors (Lipinski definition) is 1. The molecule has 0 spiro atoms. The van der Waals surface area contributed by atoms with Gasteiger partial charge in [-0.2, -0.15) is 0 Å². The van der Waals surface area contributed by atoms with Gasteiger partial charge < -0.3 is 5.11 Å². The van der Waals surface area contributed by atoms with Crippen LogP contribution in [0.2, 0.25) is 0 Å². The Morgan fingerprint density at radius 3 is 2.59 bits per heavy atom. The average Bonchev–Trinajstić information content (AvgIpc) is 2.75. The van der Waals surface area contributed by atoms with E-state index in [0.717, 1.165) is 16.3 Å². The van der Waals surface area contributed by atoms with Crippen molar-refractivity contribution in [3.05, 3.63) is 45.9 Å². The van der Waals surface area contributed by atoms with Crippen molar-refractivity contribution in [1.29, 1.82) is 0 Å². The van der Waals surface area contributed by atoms with Crippen LogP contribution in [0.25, 0.3) is 0 Å². The maximum atomic E-state index is 10.1. The molecule has 1 atom stereocenters. The average molecular weight is 265 g/mol. The Hall–Kier alpha value is -0.840. The summed E-state index contributed by atoms with van der Waals surface area (Å²) in [5.41, 5.74) is 1.98. The predicted molar refractivity (Wildman–Crippen MR) is 73.7 cm³/mol. The van der Waals surface area contributed by atoms with Crippen molar-refractivity contribution in [3.63, 3.8) is 0 Å². The second-order valence-corrected chi connectivity index (χ2v) is 5.70. The quantitative estimate of drug-likeness (QED) is 0.860. The van der Waals surface area contributed by atoms with Crippen LogP contribution in [0.3, 0.4) is 0 Å². The number of aryl methyl sites for hydroxylation is 1. The van der Waals surface area contributed by atoms with E-state index in [1.54, 1.807) is 23.1 Å². The van der Waals surface area contributed by atoms with Gasteiger partial charge in [-0.15, -0.1) is 23.1 Å². The summed E-state index contributed by atoms with van der Waals surface area (Å²) in [6.45, 7) is 1.97. The summed E-state index contributed by atoms with van der Waals surface area (Å²) in [7, 11) is 0. The lowest BCUT2D eigenvalue weighted by Crippen LogP contribution is -2.01. The van der Waals surface area contributed by atoms with E-state index in [1.165, 1.54) is 4.90 Å². The topological polar surface area (TPSA) is 33.1 Å². The van der Waals surface area contributed by atoms with E-state index in [9.17, 15) is 5.11 Å². The molecular formula is C13H15NOS2. The maximum Gasteiger partial charge on any atom is 0.0957 e. The van der Waals surface area contributed by atoms with E-state index in [0.29, 0.717) is 6.42 Å². The van der Waals surface area contributed by atoms with Gasteiger partial charge in [-0.05, 0) is 30.9 Å². The van der Waals surface area contributed by atoms with E-state index < -0.39 is 6.10 Å². The summed E-state index contributed by atoms with van der Waals surface area (Å²) in [5.74, 6) is 0. The molecule has 0 amide bonds. The van der Waals surface area contributed by atoms with E-state index in [4.69, 9.17) is 0 Å². The van der Waals surface area contributed by atoms with Crippen LogP contribution in [-0.4, -0.2) is 16.3 Å². The van der Waals surface area contributed by atoms with E-state index in [2.05, 4.69) is 4.98 Å². The third-order valence-corrected chi connectivity index (χ3v) is 4.27. The number of aliphatic hydroxyl groups is 1. The van der Waals surface area contributed by atoms with Gasteiger partial charge in [0.15, 0.2) is 0 Å². The number of aromatic nitrogens is 1. The first-order valence-electron chi connectivity index (χ1n) is 5.42. The third kappa shape index (κ3) is 3.31. The molecule has 1 unspecified atom stereocenters. The first-order valence-corrected chi connectivity index (χ1v) is 7.52. The van der Waals surface area contributed by atoms with Gasteiger partial charge in [0.1, 0.15) is 0 Å². The molecule has 0 saturated heterocycles. The summed E-state index contributed by atoms with van der Waals surface area (Å²) >= 11 is 3.31. The number of nitrogens with zero attached hydrogens (tertiary/aromatic N) is 1. The van der Waals surface area contributed by atoms with Crippen LogP contribution in [0.1, 0.15) is 22.4 Å². The highest BCUT2D eigenvalue weighted by molar-refractivity contribution is 7.98. The van der Waals surface area contributed by atoms with Gasteiger partial charge in [0.25, 0.3) is 0 Å². The Labute approximate surface area is 110 Å². The fourth-order valence-corrected chi connectivity index (χ4v) is 2.82. The highest BCUT2D eigenvalue weighted by atomic mass is 32.2. The van der Waals surface area contributed by atoms with Gasteiger partial charge >= 0.3 is 0 Å². The van der Waals surface area contributed by atoms with Crippen LogP contribution >= 0.6 is 23.1 Å². The van der Waals surface area contributed by atoms with Crippen molar-refractivity contribution >= 4 is 23.1 Å². The zero-order valence-electron chi connectivity index (χ0n) is 9.88. The standard InChI is InChI=1S/C13H15NOS2/c1-9-8-17-13(14-9)7-12(15)10-3-5-11(16-2)6-4-10/h3-6,8,12,15H,7H2,1-2H3. The highest BCUT2D eigenvalue weighted by Gasteiger charge is 2.10. The van der Waals surface area contributed by atoms with Crippen LogP contribution in [0.4, 0.5) is 0 Å². The number of aliphatic hydroxyl groups excluding tert-OH is 1. The molecule has 1 heterocycles. The van der Waals surface area contributed by atoms with E-state index >= 15 is 0 Å². The lowest BCUT2D eigenvalue weighted by Gasteiger charge is -2.09. The molecule has 1 aromatic carbocycles. The van der Waals surface area contributed by atoms with Gasteiger partial charge in [0, 0.05) is 22.4 Å². The molecule has 0 bridgehead atoms. The largest absolute Gasteiger partial charge is 0.388 e. The lowest BCUT2D eigenvalue weighted by atomic mass is 10.1. The molecule has 0 aliphatic carbocycles. The Kier molecular flexibility index (Phi) is 4.20. The molecule has 90 valence electrons. The minimum absolute atomic E-state index is 0.462. The van der Waals surface area contributed by atoms with Crippen LogP contribution in [0.5, 0.6) is 0 Å². The van der Waals surface area contributed by atoms with Gasteiger partial charge in [-0.25, -0.2) is 4.98 Å². The molecule has 2 rings (SSSR count). The van der Waals surface area contributed by atoms with Crippen molar-refractivity contribution < 1.29 is 5.11 Å². The minimum Gasteiger partial charge on any atom is -0.388 e. The van der Waals surface area contributed by atoms with Gasteiger partial charge in [-0.1, -0.05) is 12.1 Å². The van der Waals surface area contributed by atoms with Crippen LogP contribution < -0.4 is 0 Å². The molecular weight excluding hydrogens is 250 g/mol. The summed E-state index contributed by atoms with van der Waals surface area (Å²) < 4.78 is 0. The zero-order valence-corrected chi connectivity index (χ0v) is 11.5. The van der Waals surface area contributed by atoms with Crippen LogP contribution in [0, 0.1) is 6.92 Å². The first kappa shape index (κ1) is 12.6. The molecule has 0 radical (unpaired) electrons. The fourth-order valence-electron chi connectivity index (χ4n) is 1.61. The number of thiazole rings is 1. The normalized spacial score (nSPS) is 12.6. The molecule has 0 aliphatic heterocycles. The van der Waals surface area contributed by atoms with Crippen molar-refractivity contribution in [2.75, 3.05) is 6.26 Å². The Balaban J connectivity index is 2.06. The highest BCUT2D eigenvalue weighted by Crippen LogP contribution is 2.23. The lowest BCUT2D eigenvalue weighted by molar-refractivity contribution is 0.178. The molecule has 0 fully saturated rings. The number of benzene rings is 1. The van der Waals surface area contributed by atoms with E-state index in [-0.39, 0.29) is 0 Å². The van der Waals surface area contributed by atoms with Gasteiger partial charge in [0.05, 0.1) is 11.1 Å². The minimum atomic E-state index is -0.462. The van der Waals surface area contributed by atoms with E-state index in [1.807, 2.05) is 42.8 Å². The van der Waals surface area contributed by atoms with Gasteiger partial charge in [0.2, 0.25) is 0 Å². The smallest absolute Gasteiger partial charge is 0.0957 e. The van der Waals surface area contributed by atoms with Crippen LogP contribution in [0.15, 0.2) is 34.5 Å². The molecule has 0 aliphatic rings. The third-order valence-electron chi connectivity index (χ3n) is 2.54. The predicted octanol–water partition coefficient (Wildman–Crippen LogP) is 3.45. The monoisotopic (exact) mass is 265 g/mol. The van der Waals surface area contributed by atoms with Crippen LogP contribution in [-0.2, 0) is 6.42 Å². The second kappa shape index (κ2) is 5.67. The summed E-state index contributed by atoms with van der Waals surface area (Å²) in [4.78, 5) is 5.58. The SMILES string of the molecule is CSc1ccc(C(O)Cc2nc(C)cs2)cc1. The molecule has 0 saturated carbocycles.